The zero-order chi connectivity index (χ0) is 13.4. The van der Waals surface area contributed by atoms with Crippen molar-refractivity contribution >= 4 is 27.3 Å². The predicted octanol–water partition coefficient (Wildman–Crippen LogP) is 4.49. The minimum absolute atomic E-state index is 0.0353. The summed E-state index contributed by atoms with van der Waals surface area (Å²) in [5, 5.41) is 10.1. The molecule has 0 aliphatic carbocycles. The fraction of sp³-hybridized carbons (Fsp3) is 0.231. The highest BCUT2D eigenvalue weighted by Gasteiger charge is 2.19. The van der Waals surface area contributed by atoms with E-state index in [9.17, 15) is 13.9 Å². The molecule has 0 amide bonds. The topological polar surface area (TPSA) is 20.2 Å². The third-order valence-electron chi connectivity index (χ3n) is 2.72. The lowest BCUT2D eigenvalue weighted by atomic mass is 10.0. The molecule has 2 rings (SSSR count). The Bertz CT molecular complexity index is 575. The van der Waals surface area contributed by atoms with Crippen LogP contribution in [0.3, 0.4) is 0 Å². The van der Waals surface area contributed by atoms with Crippen LogP contribution in [0.1, 0.15) is 27.7 Å². The smallest absolute Gasteiger partial charge is 0.129 e. The van der Waals surface area contributed by atoms with Gasteiger partial charge in [0.1, 0.15) is 17.7 Å². The SMILES string of the molecule is Cc1cc(F)c(C(O)c2cc(C)c(Br)s2)cc1F. The molecule has 0 saturated heterocycles. The number of rotatable bonds is 2. The van der Waals surface area contributed by atoms with Crippen molar-refractivity contribution in [1.82, 2.24) is 0 Å². The fourth-order valence-electron chi connectivity index (χ4n) is 1.64. The van der Waals surface area contributed by atoms with Crippen molar-refractivity contribution in [1.29, 1.82) is 0 Å². The lowest BCUT2D eigenvalue weighted by Crippen LogP contribution is -2.02. The van der Waals surface area contributed by atoms with Gasteiger partial charge in [-0.25, -0.2) is 8.78 Å². The molecule has 1 heterocycles. The van der Waals surface area contributed by atoms with Crippen LogP contribution in [0.2, 0.25) is 0 Å². The van der Waals surface area contributed by atoms with E-state index >= 15 is 0 Å². The maximum Gasteiger partial charge on any atom is 0.129 e. The molecule has 1 nitrogen and oxygen atoms in total. The molecular formula is C13H11BrF2OS. The van der Waals surface area contributed by atoms with Gasteiger partial charge in [0.25, 0.3) is 0 Å². The molecule has 0 bridgehead atoms. The monoisotopic (exact) mass is 332 g/mol. The van der Waals surface area contributed by atoms with E-state index in [1.165, 1.54) is 18.3 Å². The number of aryl methyl sites for hydroxylation is 2. The molecule has 0 saturated carbocycles. The van der Waals surface area contributed by atoms with E-state index in [1.807, 2.05) is 6.92 Å². The van der Waals surface area contributed by atoms with Crippen LogP contribution >= 0.6 is 27.3 Å². The highest BCUT2D eigenvalue weighted by Crippen LogP contribution is 2.35. The summed E-state index contributed by atoms with van der Waals surface area (Å²) in [6.45, 7) is 3.36. The zero-order valence-corrected chi connectivity index (χ0v) is 12.2. The first-order chi connectivity index (χ1) is 8.40. The summed E-state index contributed by atoms with van der Waals surface area (Å²) in [5.41, 5.74) is 1.15. The third-order valence-corrected chi connectivity index (χ3v) is 4.91. The molecular weight excluding hydrogens is 322 g/mol. The Morgan fingerprint density at radius 2 is 1.78 bits per heavy atom. The van der Waals surface area contributed by atoms with Gasteiger partial charge in [0.05, 0.1) is 3.79 Å². The molecule has 5 heteroatoms. The first kappa shape index (κ1) is 13.6. The second kappa shape index (κ2) is 5.07. The molecule has 18 heavy (non-hydrogen) atoms. The summed E-state index contributed by atoms with van der Waals surface area (Å²) in [7, 11) is 0. The largest absolute Gasteiger partial charge is 0.383 e. The van der Waals surface area contributed by atoms with Gasteiger partial charge in [-0.15, -0.1) is 11.3 Å². The highest BCUT2D eigenvalue weighted by molar-refractivity contribution is 9.11. The van der Waals surface area contributed by atoms with E-state index in [4.69, 9.17) is 0 Å². The van der Waals surface area contributed by atoms with E-state index < -0.39 is 17.7 Å². The van der Waals surface area contributed by atoms with Crippen LogP contribution < -0.4 is 0 Å². The van der Waals surface area contributed by atoms with Crippen LogP contribution in [0.25, 0.3) is 0 Å². The first-order valence-corrected chi connectivity index (χ1v) is 6.90. The average Bonchev–Trinajstić information content (AvgIpc) is 2.63. The van der Waals surface area contributed by atoms with E-state index in [2.05, 4.69) is 15.9 Å². The number of hydrogen-bond acceptors (Lipinski definition) is 2. The van der Waals surface area contributed by atoms with Gasteiger partial charge < -0.3 is 5.11 Å². The lowest BCUT2D eigenvalue weighted by Gasteiger charge is -2.11. The Morgan fingerprint density at radius 3 is 2.33 bits per heavy atom. The summed E-state index contributed by atoms with van der Waals surface area (Å²) >= 11 is 4.65. The van der Waals surface area contributed by atoms with Gasteiger partial charge in [-0.3, -0.25) is 0 Å². The van der Waals surface area contributed by atoms with Crippen LogP contribution in [0, 0.1) is 25.5 Å². The van der Waals surface area contributed by atoms with E-state index in [-0.39, 0.29) is 11.1 Å². The van der Waals surface area contributed by atoms with Crippen molar-refractivity contribution in [2.45, 2.75) is 20.0 Å². The number of aliphatic hydroxyl groups is 1. The van der Waals surface area contributed by atoms with Gasteiger partial charge in [-0.05, 0) is 59.1 Å². The molecule has 0 spiro atoms. The van der Waals surface area contributed by atoms with Crippen molar-refractivity contribution in [3.8, 4) is 0 Å². The Kier molecular flexibility index (Phi) is 3.84. The predicted molar refractivity (Wildman–Crippen MR) is 71.9 cm³/mol. The summed E-state index contributed by atoms with van der Waals surface area (Å²) in [6, 6.07) is 3.91. The lowest BCUT2D eigenvalue weighted by molar-refractivity contribution is 0.218. The molecule has 1 aromatic carbocycles. The summed E-state index contributed by atoms with van der Waals surface area (Å²) in [5.74, 6) is -1.11. The van der Waals surface area contributed by atoms with Crippen molar-refractivity contribution in [3.63, 3.8) is 0 Å². The molecule has 0 fully saturated rings. The van der Waals surface area contributed by atoms with Gasteiger partial charge >= 0.3 is 0 Å². The summed E-state index contributed by atoms with van der Waals surface area (Å²) < 4.78 is 28.1. The highest BCUT2D eigenvalue weighted by atomic mass is 79.9. The Balaban J connectivity index is 2.45. The maximum atomic E-state index is 13.7. The quantitative estimate of drug-likeness (QED) is 0.859. The second-order valence-corrected chi connectivity index (χ2v) is 6.53. The molecule has 1 atom stereocenters. The van der Waals surface area contributed by atoms with Gasteiger partial charge in [0.2, 0.25) is 0 Å². The van der Waals surface area contributed by atoms with Gasteiger partial charge in [0, 0.05) is 10.4 Å². The Labute approximate surface area is 116 Å². The molecule has 2 aromatic rings. The van der Waals surface area contributed by atoms with Crippen molar-refractivity contribution in [3.05, 3.63) is 55.2 Å². The molecule has 0 aliphatic heterocycles. The minimum Gasteiger partial charge on any atom is -0.383 e. The third kappa shape index (κ3) is 2.48. The Hall–Kier alpha value is -0.780. The normalized spacial score (nSPS) is 12.8. The van der Waals surface area contributed by atoms with Crippen LogP contribution in [0.15, 0.2) is 22.0 Å². The Morgan fingerprint density at radius 1 is 1.11 bits per heavy atom. The van der Waals surface area contributed by atoms with Gasteiger partial charge in [-0.2, -0.15) is 0 Å². The molecule has 1 N–H and O–H groups in total. The van der Waals surface area contributed by atoms with Crippen LogP contribution in [-0.2, 0) is 0 Å². The van der Waals surface area contributed by atoms with Crippen molar-refractivity contribution in [2.75, 3.05) is 0 Å². The molecule has 1 unspecified atom stereocenters. The average molecular weight is 333 g/mol. The zero-order valence-electron chi connectivity index (χ0n) is 9.80. The first-order valence-electron chi connectivity index (χ1n) is 5.29. The van der Waals surface area contributed by atoms with Crippen LogP contribution in [0.4, 0.5) is 8.78 Å². The van der Waals surface area contributed by atoms with Gasteiger partial charge in [0.15, 0.2) is 0 Å². The standard InChI is InChI=1S/C13H11BrF2OS/c1-6-3-10(16)8(5-9(6)15)12(17)11-4-7(2)13(14)18-11/h3-5,12,17H,1-2H3. The van der Waals surface area contributed by atoms with Crippen molar-refractivity contribution in [2.24, 2.45) is 0 Å². The molecule has 0 radical (unpaired) electrons. The number of hydrogen-bond donors (Lipinski definition) is 1. The fourth-order valence-corrected chi connectivity index (χ4v) is 3.22. The number of thiophene rings is 1. The summed E-state index contributed by atoms with van der Waals surface area (Å²) in [4.78, 5) is 0.585. The minimum atomic E-state index is -1.14. The number of benzene rings is 1. The maximum absolute atomic E-state index is 13.7. The van der Waals surface area contributed by atoms with Gasteiger partial charge in [-0.1, -0.05) is 0 Å². The van der Waals surface area contributed by atoms with E-state index in [0.29, 0.717) is 4.88 Å². The molecule has 96 valence electrons. The number of halogens is 3. The second-order valence-electron chi connectivity index (χ2n) is 4.13. The van der Waals surface area contributed by atoms with Crippen molar-refractivity contribution < 1.29 is 13.9 Å². The van der Waals surface area contributed by atoms with Crippen LogP contribution in [0.5, 0.6) is 0 Å². The molecule has 1 aromatic heterocycles. The molecule has 0 aliphatic rings. The van der Waals surface area contributed by atoms with E-state index in [0.717, 1.165) is 21.5 Å². The number of aliphatic hydroxyl groups excluding tert-OH is 1. The van der Waals surface area contributed by atoms with E-state index in [1.54, 1.807) is 6.07 Å². The summed E-state index contributed by atoms with van der Waals surface area (Å²) in [6.07, 6.45) is -1.14. The van der Waals surface area contributed by atoms with Crippen LogP contribution in [-0.4, -0.2) is 5.11 Å².